The van der Waals surface area contributed by atoms with Crippen molar-refractivity contribution in [1.82, 2.24) is 5.32 Å². The number of aliphatic carboxylic acids is 1. The number of carbonyl (C=O) groups excluding carboxylic acids is 2. The number of ether oxygens (including phenoxy) is 1. The Morgan fingerprint density at radius 1 is 1.03 bits per heavy atom. The fourth-order valence-electron chi connectivity index (χ4n) is 3.69. The molecule has 0 saturated heterocycles. The van der Waals surface area contributed by atoms with Gasteiger partial charge in [-0.25, -0.2) is 0 Å². The van der Waals surface area contributed by atoms with Crippen molar-refractivity contribution in [2.75, 3.05) is 6.61 Å². The van der Waals surface area contributed by atoms with E-state index in [0.717, 1.165) is 16.7 Å². The highest BCUT2D eigenvalue weighted by Crippen LogP contribution is 2.54. The monoisotopic (exact) mass is 395 g/mol. The lowest BCUT2D eigenvalue weighted by Crippen LogP contribution is -2.40. The van der Waals surface area contributed by atoms with Crippen LogP contribution >= 0.6 is 0 Å². The molecule has 1 saturated carbocycles. The van der Waals surface area contributed by atoms with Gasteiger partial charge in [-0.2, -0.15) is 0 Å². The predicted octanol–water partition coefficient (Wildman–Crippen LogP) is 3.51. The van der Waals surface area contributed by atoms with Crippen LogP contribution in [0.25, 0.3) is 11.1 Å². The molecule has 3 rings (SSSR count). The first-order chi connectivity index (χ1) is 13.9. The third-order valence-electron chi connectivity index (χ3n) is 5.21. The number of carbonyl (C=O) groups is 3. The number of nitrogens with one attached hydrogen (secondary N) is 1. The van der Waals surface area contributed by atoms with E-state index in [2.05, 4.69) is 5.32 Å². The molecule has 2 aromatic carbocycles. The van der Waals surface area contributed by atoms with Gasteiger partial charge >= 0.3 is 11.9 Å². The Kier molecular flexibility index (Phi) is 6.32. The van der Waals surface area contributed by atoms with Crippen molar-refractivity contribution in [2.45, 2.75) is 44.1 Å². The van der Waals surface area contributed by atoms with E-state index in [-0.39, 0.29) is 43.7 Å². The van der Waals surface area contributed by atoms with Gasteiger partial charge in [0.25, 0.3) is 0 Å². The number of rotatable bonds is 9. The summed E-state index contributed by atoms with van der Waals surface area (Å²) in [6, 6.07) is 18.1. The molecule has 0 radical (unpaired) electrons. The highest BCUT2D eigenvalue weighted by molar-refractivity contribution is 5.83. The van der Waals surface area contributed by atoms with E-state index in [1.165, 1.54) is 0 Å². The molecule has 1 aliphatic carbocycles. The Labute approximate surface area is 169 Å². The van der Waals surface area contributed by atoms with Gasteiger partial charge in [0.15, 0.2) is 0 Å². The molecule has 1 aliphatic rings. The first-order valence-electron chi connectivity index (χ1n) is 9.77. The summed E-state index contributed by atoms with van der Waals surface area (Å²) in [5, 5.41) is 11.7. The lowest BCUT2D eigenvalue weighted by molar-refractivity contribution is -0.144. The van der Waals surface area contributed by atoms with Gasteiger partial charge < -0.3 is 15.2 Å². The third-order valence-corrected chi connectivity index (χ3v) is 5.21. The minimum Gasteiger partial charge on any atom is -0.481 e. The molecule has 0 spiro atoms. The molecule has 152 valence electrons. The normalized spacial score (nSPS) is 20.0. The van der Waals surface area contributed by atoms with Crippen LogP contribution in [0.5, 0.6) is 0 Å². The molecule has 0 aliphatic heterocycles. The molecule has 2 N–H and O–H groups in total. The Bertz CT molecular complexity index is 878. The smallest absolute Gasteiger partial charge is 0.308 e. The van der Waals surface area contributed by atoms with Crippen LogP contribution in [0.15, 0.2) is 54.6 Å². The summed E-state index contributed by atoms with van der Waals surface area (Å²) in [4.78, 5) is 35.1. The summed E-state index contributed by atoms with van der Waals surface area (Å²) in [6.45, 7) is 2.01. The van der Waals surface area contributed by atoms with Crippen LogP contribution in [-0.4, -0.2) is 35.1 Å². The van der Waals surface area contributed by atoms with Gasteiger partial charge in [-0.3, -0.25) is 14.4 Å². The fourth-order valence-corrected chi connectivity index (χ4v) is 3.69. The van der Waals surface area contributed by atoms with Gasteiger partial charge in [-0.05, 0) is 30.0 Å². The summed E-state index contributed by atoms with van der Waals surface area (Å²) in [5.41, 5.74) is 2.54. The zero-order valence-electron chi connectivity index (χ0n) is 16.4. The number of esters is 1. The molecule has 2 aromatic rings. The average Bonchev–Trinajstić information content (AvgIpc) is 3.40. The number of carboxylic acids is 1. The Morgan fingerprint density at radius 3 is 2.31 bits per heavy atom. The van der Waals surface area contributed by atoms with Crippen molar-refractivity contribution in [3.63, 3.8) is 0 Å². The molecule has 0 bridgehead atoms. The zero-order chi connectivity index (χ0) is 20.9. The van der Waals surface area contributed by atoms with Crippen LogP contribution in [0.1, 0.15) is 44.1 Å². The summed E-state index contributed by atoms with van der Waals surface area (Å²) in [5.74, 6) is -1.76. The van der Waals surface area contributed by atoms with Crippen LogP contribution in [-0.2, 0) is 19.1 Å². The molecule has 1 fully saturated rings. The maximum Gasteiger partial charge on any atom is 0.308 e. The Morgan fingerprint density at radius 2 is 1.69 bits per heavy atom. The van der Waals surface area contributed by atoms with Crippen molar-refractivity contribution in [1.29, 1.82) is 0 Å². The van der Waals surface area contributed by atoms with Crippen molar-refractivity contribution in [3.8, 4) is 11.1 Å². The summed E-state index contributed by atoms with van der Waals surface area (Å²) >= 11 is 0. The third kappa shape index (κ3) is 5.22. The Hall–Kier alpha value is -3.15. The number of amides is 1. The molecular formula is C23H25NO5. The van der Waals surface area contributed by atoms with Crippen LogP contribution in [0.4, 0.5) is 0 Å². The molecule has 29 heavy (non-hydrogen) atoms. The predicted molar refractivity (Wildman–Crippen MR) is 108 cm³/mol. The highest BCUT2D eigenvalue weighted by atomic mass is 16.5. The minimum atomic E-state index is -1.02. The molecular weight excluding hydrogens is 370 g/mol. The van der Waals surface area contributed by atoms with Crippen molar-refractivity contribution >= 4 is 17.8 Å². The number of hydrogen-bond donors (Lipinski definition) is 2. The fraction of sp³-hybridized carbons (Fsp3) is 0.348. The van der Waals surface area contributed by atoms with Gasteiger partial charge in [0, 0.05) is 12.3 Å². The highest BCUT2D eigenvalue weighted by Gasteiger charge is 2.57. The first-order valence-corrected chi connectivity index (χ1v) is 9.77. The van der Waals surface area contributed by atoms with Crippen LogP contribution in [0, 0.1) is 0 Å². The number of benzene rings is 2. The standard InChI is InChI=1S/C23H25NO5/c1-2-29-22(28)15-23(24-20(25)12-13-21(26)27)14-19(23)18-10-8-17(9-11-18)16-6-4-3-5-7-16/h3-11,19H,2,12-15H2,1H3,(H,24,25)(H,26,27)/t19-,23?/m0/s1. The van der Waals surface area contributed by atoms with Crippen molar-refractivity contribution < 1.29 is 24.2 Å². The average molecular weight is 395 g/mol. The van der Waals surface area contributed by atoms with E-state index in [0.29, 0.717) is 6.42 Å². The van der Waals surface area contributed by atoms with Gasteiger partial charge in [0.05, 0.1) is 25.0 Å². The van der Waals surface area contributed by atoms with Gasteiger partial charge in [-0.1, -0.05) is 54.6 Å². The minimum absolute atomic E-state index is 0.00879. The lowest BCUT2D eigenvalue weighted by Gasteiger charge is -2.19. The molecule has 0 heterocycles. The van der Waals surface area contributed by atoms with E-state index in [1.807, 2.05) is 54.6 Å². The second-order valence-electron chi connectivity index (χ2n) is 7.32. The second-order valence-corrected chi connectivity index (χ2v) is 7.32. The lowest BCUT2D eigenvalue weighted by atomic mass is 9.99. The summed E-state index contributed by atoms with van der Waals surface area (Å²) in [6.07, 6.45) is 0.345. The molecule has 1 amide bonds. The number of hydrogen-bond acceptors (Lipinski definition) is 4. The maximum absolute atomic E-state index is 12.2. The summed E-state index contributed by atoms with van der Waals surface area (Å²) < 4.78 is 5.07. The van der Waals surface area contributed by atoms with Gasteiger partial charge in [0.1, 0.15) is 0 Å². The van der Waals surface area contributed by atoms with Crippen LogP contribution < -0.4 is 5.32 Å². The number of carboxylic acid groups (broad SMARTS) is 1. The zero-order valence-corrected chi connectivity index (χ0v) is 16.4. The van der Waals surface area contributed by atoms with E-state index < -0.39 is 11.5 Å². The van der Waals surface area contributed by atoms with Crippen molar-refractivity contribution in [3.05, 3.63) is 60.2 Å². The quantitative estimate of drug-likeness (QED) is 0.634. The molecule has 6 nitrogen and oxygen atoms in total. The SMILES string of the molecule is CCOC(=O)CC1(NC(=O)CCC(=O)O)C[C@H]1c1ccc(-c2ccccc2)cc1. The Balaban J connectivity index is 1.74. The van der Waals surface area contributed by atoms with Crippen LogP contribution in [0.3, 0.4) is 0 Å². The topological polar surface area (TPSA) is 92.7 Å². The maximum atomic E-state index is 12.2. The molecule has 0 aromatic heterocycles. The van der Waals surface area contributed by atoms with E-state index in [9.17, 15) is 14.4 Å². The van der Waals surface area contributed by atoms with Gasteiger partial charge in [-0.15, -0.1) is 0 Å². The molecule has 2 atom stereocenters. The van der Waals surface area contributed by atoms with E-state index in [4.69, 9.17) is 9.84 Å². The molecule has 6 heteroatoms. The van der Waals surface area contributed by atoms with E-state index in [1.54, 1.807) is 6.92 Å². The molecule has 1 unspecified atom stereocenters. The van der Waals surface area contributed by atoms with Gasteiger partial charge in [0.2, 0.25) is 5.91 Å². The second kappa shape index (κ2) is 8.90. The largest absolute Gasteiger partial charge is 0.481 e. The summed E-state index contributed by atoms with van der Waals surface area (Å²) in [7, 11) is 0. The van der Waals surface area contributed by atoms with Crippen LogP contribution in [0.2, 0.25) is 0 Å². The van der Waals surface area contributed by atoms with E-state index >= 15 is 0 Å². The van der Waals surface area contributed by atoms with Crippen molar-refractivity contribution in [2.24, 2.45) is 0 Å². The first kappa shape index (κ1) is 20.6.